The van der Waals surface area contributed by atoms with Gasteiger partial charge in [-0.05, 0) is 40.2 Å². The Balaban J connectivity index is 2.10. The fourth-order valence-electron chi connectivity index (χ4n) is 1.60. The predicted molar refractivity (Wildman–Crippen MR) is 73.4 cm³/mol. The van der Waals surface area contributed by atoms with Crippen molar-refractivity contribution in [3.05, 3.63) is 63.9 Å². The number of para-hydroxylation sites is 1. The molecule has 5 heteroatoms. The highest BCUT2D eigenvalue weighted by Gasteiger charge is 2.11. The van der Waals surface area contributed by atoms with Gasteiger partial charge in [-0.1, -0.05) is 18.2 Å². The molecule has 2 aromatic carbocycles. The molecule has 0 atom stereocenters. The van der Waals surface area contributed by atoms with E-state index in [0.29, 0.717) is 10.0 Å². The molecule has 2 rings (SSSR count). The molecule has 0 heterocycles. The van der Waals surface area contributed by atoms with Crippen molar-refractivity contribution in [1.82, 2.24) is 5.32 Å². The quantitative estimate of drug-likeness (QED) is 0.911. The standard InChI is InChI=1S/C14H11BrFNO2/c15-12-6-5-10(16)7-11(12)14(19)17-8-9-3-1-2-4-13(9)18/h1-7,18H,8H2,(H,17,19). The minimum atomic E-state index is -0.476. The number of nitrogens with one attached hydrogen (secondary N) is 1. The third kappa shape index (κ3) is 3.32. The van der Waals surface area contributed by atoms with E-state index in [1.807, 2.05) is 0 Å². The number of benzene rings is 2. The van der Waals surface area contributed by atoms with Crippen molar-refractivity contribution in [3.63, 3.8) is 0 Å². The van der Waals surface area contributed by atoms with Crippen LogP contribution in [0.3, 0.4) is 0 Å². The van der Waals surface area contributed by atoms with E-state index in [4.69, 9.17) is 0 Å². The number of phenols is 1. The molecule has 3 nitrogen and oxygen atoms in total. The van der Waals surface area contributed by atoms with E-state index in [0.717, 1.165) is 6.07 Å². The van der Waals surface area contributed by atoms with Gasteiger partial charge in [0, 0.05) is 16.6 Å². The maximum atomic E-state index is 13.1. The summed E-state index contributed by atoms with van der Waals surface area (Å²) in [5.74, 6) is -0.772. The number of halogens is 2. The Hall–Kier alpha value is -1.88. The lowest BCUT2D eigenvalue weighted by Crippen LogP contribution is -2.23. The summed E-state index contributed by atoms with van der Waals surface area (Å²) in [6.45, 7) is 0.175. The highest BCUT2D eigenvalue weighted by molar-refractivity contribution is 9.10. The molecule has 0 aliphatic rings. The monoisotopic (exact) mass is 323 g/mol. The molecule has 0 aliphatic carbocycles. The first-order valence-corrected chi connectivity index (χ1v) is 6.37. The van der Waals surface area contributed by atoms with Gasteiger partial charge in [0.15, 0.2) is 0 Å². The van der Waals surface area contributed by atoms with Gasteiger partial charge in [0.25, 0.3) is 5.91 Å². The van der Waals surface area contributed by atoms with Gasteiger partial charge in [0.05, 0.1) is 5.56 Å². The van der Waals surface area contributed by atoms with E-state index >= 15 is 0 Å². The van der Waals surface area contributed by atoms with Crippen LogP contribution < -0.4 is 5.32 Å². The molecule has 0 fully saturated rings. The minimum Gasteiger partial charge on any atom is -0.508 e. The first-order valence-electron chi connectivity index (χ1n) is 5.58. The molecule has 0 radical (unpaired) electrons. The molecule has 2 aromatic rings. The largest absolute Gasteiger partial charge is 0.508 e. The van der Waals surface area contributed by atoms with Crippen molar-refractivity contribution in [3.8, 4) is 5.75 Å². The van der Waals surface area contributed by atoms with Gasteiger partial charge in [-0.15, -0.1) is 0 Å². The van der Waals surface area contributed by atoms with E-state index in [2.05, 4.69) is 21.2 Å². The lowest BCUT2D eigenvalue weighted by atomic mass is 10.1. The summed E-state index contributed by atoms with van der Waals surface area (Å²) in [7, 11) is 0. The average molecular weight is 324 g/mol. The number of phenolic OH excluding ortho intramolecular Hbond substituents is 1. The Morgan fingerprint density at radius 2 is 2.00 bits per heavy atom. The van der Waals surface area contributed by atoms with Crippen LogP contribution in [-0.2, 0) is 6.54 Å². The number of amides is 1. The molecule has 0 unspecified atom stereocenters. The van der Waals surface area contributed by atoms with Crippen LogP contribution in [0.15, 0.2) is 46.9 Å². The summed E-state index contributed by atoms with van der Waals surface area (Å²) in [5, 5.41) is 12.2. The second kappa shape index (κ2) is 5.84. The number of rotatable bonds is 3. The highest BCUT2D eigenvalue weighted by Crippen LogP contribution is 2.19. The van der Waals surface area contributed by atoms with Gasteiger partial charge in [0.1, 0.15) is 11.6 Å². The van der Waals surface area contributed by atoms with E-state index in [9.17, 15) is 14.3 Å². The van der Waals surface area contributed by atoms with Gasteiger partial charge >= 0.3 is 0 Å². The van der Waals surface area contributed by atoms with Crippen LogP contribution in [0.25, 0.3) is 0 Å². The molecule has 0 aromatic heterocycles. The van der Waals surface area contributed by atoms with Crippen molar-refractivity contribution in [2.24, 2.45) is 0 Å². The molecular weight excluding hydrogens is 313 g/mol. The summed E-state index contributed by atoms with van der Waals surface area (Å²) < 4.78 is 13.6. The Kier molecular flexibility index (Phi) is 4.16. The van der Waals surface area contributed by atoms with Crippen LogP contribution in [0.1, 0.15) is 15.9 Å². The molecule has 98 valence electrons. The van der Waals surface area contributed by atoms with E-state index < -0.39 is 11.7 Å². The Bertz CT molecular complexity index is 616. The van der Waals surface area contributed by atoms with Crippen LogP contribution in [0.2, 0.25) is 0 Å². The van der Waals surface area contributed by atoms with E-state index in [1.54, 1.807) is 24.3 Å². The second-order valence-corrected chi connectivity index (χ2v) is 4.79. The fraction of sp³-hybridized carbons (Fsp3) is 0.0714. The maximum absolute atomic E-state index is 13.1. The Labute approximate surface area is 118 Å². The fourth-order valence-corrected chi connectivity index (χ4v) is 2.03. The minimum absolute atomic E-state index is 0.112. The molecule has 19 heavy (non-hydrogen) atoms. The zero-order chi connectivity index (χ0) is 13.8. The maximum Gasteiger partial charge on any atom is 0.252 e. The number of carbonyl (C=O) groups is 1. The zero-order valence-corrected chi connectivity index (χ0v) is 11.4. The van der Waals surface area contributed by atoms with Gasteiger partial charge in [-0.3, -0.25) is 4.79 Å². The third-order valence-electron chi connectivity index (χ3n) is 2.60. The van der Waals surface area contributed by atoms with Crippen molar-refractivity contribution in [1.29, 1.82) is 0 Å². The number of carbonyl (C=O) groups excluding carboxylic acids is 1. The van der Waals surface area contributed by atoms with Gasteiger partial charge in [-0.25, -0.2) is 4.39 Å². The molecular formula is C14H11BrFNO2. The molecule has 0 spiro atoms. The van der Waals surface area contributed by atoms with Crippen molar-refractivity contribution < 1.29 is 14.3 Å². The second-order valence-electron chi connectivity index (χ2n) is 3.94. The normalized spacial score (nSPS) is 10.2. The summed E-state index contributed by atoms with van der Waals surface area (Å²) in [6.07, 6.45) is 0. The van der Waals surface area contributed by atoms with Crippen LogP contribution in [-0.4, -0.2) is 11.0 Å². The molecule has 0 saturated carbocycles. The number of hydrogen-bond donors (Lipinski definition) is 2. The smallest absolute Gasteiger partial charge is 0.252 e. The number of hydrogen-bond acceptors (Lipinski definition) is 2. The Morgan fingerprint density at radius 1 is 1.26 bits per heavy atom. The van der Waals surface area contributed by atoms with Crippen molar-refractivity contribution >= 4 is 21.8 Å². The third-order valence-corrected chi connectivity index (χ3v) is 3.30. The number of aromatic hydroxyl groups is 1. The van der Waals surface area contributed by atoms with E-state index in [1.165, 1.54) is 12.1 Å². The van der Waals surface area contributed by atoms with E-state index in [-0.39, 0.29) is 17.9 Å². The average Bonchev–Trinajstić information content (AvgIpc) is 2.40. The van der Waals surface area contributed by atoms with Crippen LogP contribution >= 0.6 is 15.9 Å². The zero-order valence-electron chi connectivity index (χ0n) is 9.86. The summed E-state index contributed by atoms with van der Waals surface area (Å²) in [6, 6.07) is 10.6. The molecule has 0 saturated heterocycles. The van der Waals surface area contributed by atoms with Gasteiger partial charge < -0.3 is 10.4 Å². The summed E-state index contributed by atoms with van der Waals surface area (Å²) in [5.41, 5.74) is 0.818. The SMILES string of the molecule is O=C(NCc1ccccc1O)c1cc(F)ccc1Br. The van der Waals surface area contributed by atoms with Crippen LogP contribution in [0.4, 0.5) is 4.39 Å². The summed E-state index contributed by atoms with van der Waals surface area (Å²) >= 11 is 3.19. The van der Waals surface area contributed by atoms with Crippen LogP contribution in [0, 0.1) is 5.82 Å². The first kappa shape index (κ1) is 13.5. The molecule has 0 aliphatic heterocycles. The van der Waals surface area contributed by atoms with Crippen molar-refractivity contribution in [2.75, 3.05) is 0 Å². The lowest BCUT2D eigenvalue weighted by molar-refractivity contribution is 0.0949. The summed E-state index contributed by atoms with van der Waals surface area (Å²) in [4.78, 5) is 11.9. The Morgan fingerprint density at radius 3 is 2.74 bits per heavy atom. The van der Waals surface area contributed by atoms with Gasteiger partial charge in [-0.2, -0.15) is 0 Å². The van der Waals surface area contributed by atoms with Crippen LogP contribution in [0.5, 0.6) is 5.75 Å². The van der Waals surface area contributed by atoms with Gasteiger partial charge in [0.2, 0.25) is 0 Å². The van der Waals surface area contributed by atoms with Crippen molar-refractivity contribution in [2.45, 2.75) is 6.54 Å². The lowest BCUT2D eigenvalue weighted by Gasteiger charge is -2.08. The first-order chi connectivity index (χ1) is 9.08. The highest BCUT2D eigenvalue weighted by atomic mass is 79.9. The molecule has 1 amide bonds. The molecule has 2 N–H and O–H groups in total. The topological polar surface area (TPSA) is 49.3 Å². The predicted octanol–water partition coefficient (Wildman–Crippen LogP) is 3.22. The molecule has 0 bridgehead atoms.